The summed E-state index contributed by atoms with van der Waals surface area (Å²) in [6.07, 6.45) is 0.861. The Hall–Kier alpha value is -1.14. The summed E-state index contributed by atoms with van der Waals surface area (Å²) < 4.78 is 9.94. The molecule has 0 N–H and O–H groups in total. The number of fused-ring (bicyclic) bond motifs is 1. The first-order chi connectivity index (χ1) is 8.72. The molecular formula is C13H21NO5. The van der Waals surface area contributed by atoms with Crippen molar-refractivity contribution in [3.63, 3.8) is 0 Å². The third-order valence-electron chi connectivity index (χ3n) is 3.81. The van der Waals surface area contributed by atoms with Crippen LogP contribution in [-0.4, -0.2) is 47.4 Å². The molecule has 2 unspecified atom stereocenters. The Labute approximate surface area is 112 Å². The van der Waals surface area contributed by atoms with Crippen LogP contribution in [0.15, 0.2) is 0 Å². The number of rotatable bonds is 3. The Kier molecular flexibility index (Phi) is 3.14. The Morgan fingerprint density at radius 3 is 2.37 bits per heavy atom. The molecule has 6 nitrogen and oxygen atoms in total. The fourth-order valence-corrected chi connectivity index (χ4v) is 3.27. The molecule has 2 fully saturated rings. The van der Waals surface area contributed by atoms with Crippen LogP contribution in [0.2, 0.25) is 0 Å². The van der Waals surface area contributed by atoms with Gasteiger partial charge in [-0.05, 0) is 27.7 Å². The highest BCUT2D eigenvalue weighted by Crippen LogP contribution is 2.56. The molecule has 2 rings (SSSR count). The van der Waals surface area contributed by atoms with E-state index in [0.717, 1.165) is 0 Å². The van der Waals surface area contributed by atoms with Crippen molar-refractivity contribution in [3.05, 3.63) is 0 Å². The number of nitrogens with zero attached hydrogens (tertiary/aromatic N) is 1. The molecule has 2 atom stereocenters. The molecular weight excluding hydrogens is 250 g/mol. The Morgan fingerprint density at radius 1 is 1.21 bits per heavy atom. The van der Waals surface area contributed by atoms with E-state index in [1.807, 2.05) is 13.8 Å². The van der Waals surface area contributed by atoms with Gasteiger partial charge in [0.25, 0.3) is 0 Å². The maximum absolute atomic E-state index is 12.2. The van der Waals surface area contributed by atoms with Gasteiger partial charge in [0.05, 0.1) is 19.3 Å². The predicted octanol–water partition coefficient (Wildman–Crippen LogP) is 1.04. The van der Waals surface area contributed by atoms with Gasteiger partial charge < -0.3 is 9.47 Å². The number of hydrogen-bond acceptors (Lipinski definition) is 6. The molecule has 108 valence electrons. The molecule has 0 amide bonds. The molecule has 0 aliphatic carbocycles. The maximum Gasteiger partial charge on any atom is 0.329 e. The van der Waals surface area contributed by atoms with Crippen LogP contribution in [-0.2, 0) is 23.9 Å². The number of hydrogen-bond donors (Lipinski definition) is 0. The van der Waals surface area contributed by atoms with Crippen molar-refractivity contribution in [2.75, 3.05) is 13.7 Å². The number of carbonyl (C=O) groups excluding carboxylic acids is 2. The molecule has 0 aromatic heterocycles. The van der Waals surface area contributed by atoms with Crippen LogP contribution < -0.4 is 0 Å². The summed E-state index contributed by atoms with van der Waals surface area (Å²) in [5.41, 5.74) is -2.28. The first kappa shape index (κ1) is 14.3. The number of carbonyl (C=O) groups is 2. The standard InChI is InChI=1S/C13H21NO5/c1-6-18-10(16)13-7-11(2,3)19-14(13)12(4,8-13)9(15)17-5/h6-8H2,1-5H3. The average molecular weight is 271 g/mol. The second-order valence-corrected chi connectivity index (χ2v) is 6.02. The van der Waals surface area contributed by atoms with Crippen LogP contribution in [0, 0.1) is 0 Å². The van der Waals surface area contributed by atoms with E-state index in [1.165, 1.54) is 12.2 Å². The minimum atomic E-state index is -0.921. The molecule has 19 heavy (non-hydrogen) atoms. The second kappa shape index (κ2) is 4.18. The molecule has 2 aliphatic heterocycles. The third-order valence-corrected chi connectivity index (χ3v) is 3.81. The summed E-state index contributed by atoms with van der Waals surface area (Å²) >= 11 is 0. The number of ether oxygens (including phenoxy) is 2. The van der Waals surface area contributed by atoms with Gasteiger partial charge in [-0.3, -0.25) is 4.84 Å². The van der Waals surface area contributed by atoms with E-state index in [1.54, 1.807) is 13.8 Å². The van der Waals surface area contributed by atoms with Gasteiger partial charge in [0, 0.05) is 12.8 Å². The summed E-state index contributed by atoms with van der Waals surface area (Å²) in [7, 11) is 1.33. The number of esters is 2. The zero-order chi connectivity index (χ0) is 14.5. The minimum Gasteiger partial charge on any atom is -0.468 e. The van der Waals surface area contributed by atoms with Crippen LogP contribution in [0.4, 0.5) is 0 Å². The highest BCUT2D eigenvalue weighted by molar-refractivity contribution is 5.90. The molecule has 6 heteroatoms. The van der Waals surface area contributed by atoms with Gasteiger partial charge in [-0.2, -0.15) is 5.06 Å². The summed E-state index contributed by atoms with van der Waals surface area (Å²) in [4.78, 5) is 29.9. The van der Waals surface area contributed by atoms with Crippen molar-refractivity contribution >= 4 is 11.9 Å². The fourth-order valence-electron chi connectivity index (χ4n) is 3.27. The molecule has 2 aliphatic rings. The van der Waals surface area contributed by atoms with Crippen molar-refractivity contribution < 1.29 is 23.9 Å². The SMILES string of the molecule is CCOC(=O)C12CC(C)(C)ON1C(C)(C(=O)OC)C2. The Bertz CT molecular complexity index is 421. The minimum absolute atomic E-state index is 0.309. The smallest absolute Gasteiger partial charge is 0.329 e. The van der Waals surface area contributed by atoms with E-state index in [-0.39, 0.29) is 5.97 Å². The van der Waals surface area contributed by atoms with Crippen molar-refractivity contribution in [1.29, 1.82) is 0 Å². The summed E-state index contributed by atoms with van der Waals surface area (Å²) in [5.74, 6) is -0.730. The fraction of sp³-hybridized carbons (Fsp3) is 0.846. The normalized spacial score (nSPS) is 36.3. The second-order valence-electron chi connectivity index (χ2n) is 6.02. The lowest BCUT2D eigenvalue weighted by atomic mass is 9.69. The van der Waals surface area contributed by atoms with Crippen molar-refractivity contribution in [2.45, 2.75) is 57.2 Å². The lowest BCUT2D eigenvalue weighted by Gasteiger charge is -2.54. The highest BCUT2D eigenvalue weighted by atomic mass is 16.7. The van der Waals surface area contributed by atoms with Gasteiger partial charge in [-0.15, -0.1) is 0 Å². The summed E-state index contributed by atoms with van der Waals surface area (Å²) in [5, 5.41) is 1.48. The maximum atomic E-state index is 12.2. The lowest BCUT2D eigenvalue weighted by molar-refractivity contribution is -0.313. The van der Waals surface area contributed by atoms with Crippen molar-refractivity contribution in [3.8, 4) is 0 Å². The quantitative estimate of drug-likeness (QED) is 0.715. The van der Waals surface area contributed by atoms with E-state index in [0.29, 0.717) is 19.4 Å². The lowest BCUT2D eigenvalue weighted by Crippen LogP contribution is -2.75. The average Bonchev–Trinajstić information content (AvgIpc) is 2.57. The Morgan fingerprint density at radius 2 is 1.84 bits per heavy atom. The molecule has 2 heterocycles. The van der Waals surface area contributed by atoms with E-state index in [4.69, 9.17) is 14.3 Å². The summed E-state index contributed by atoms with van der Waals surface area (Å²) in [6, 6.07) is 0. The zero-order valence-electron chi connectivity index (χ0n) is 12.1. The topological polar surface area (TPSA) is 65.1 Å². The monoisotopic (exact) mass is 271 g/mol. The van der Waals surface area contributed by atoms with Gasteiger partial charge in [-0.25, -0.2) is 9.59 Å². The van der Waals surface area contributed by atoms with Crippen molar-refractivity contribution in [2.24, 2.45) is 0 Å². The van der Waals surface area contributed by atoms with E-state index >= 15 is 0 Å². The van der Waals surface area contributed by atoms with E-state index in [2.05, 4.69) is 0 Å². The molecule has 0 spiro atoms. The molecule has 0 saturated carbocycles. The van der Waals surface area contributed by atoms with Crippen LogP contribution in [0.1, 0.15) is 40.5 Å². The van der Waals surface area contributed by atoms with Crippen LogP contribution in [0.5, 0.6) is 0 Å². The highest BCUT2D eigenvalue weighted by Gasteiger charge is 2.74. The molecule has 0 bridgehead atoms. The zero-order valence-corrected chi connectivity index (χ0v) is 12.1. The number of hydroxylamine groups is 2. The van der Waals surface area contributed by atoms with Gasteiger partial charge in [-0.1, -0.05) is 0 Å². The van der Waals surface area contributed by atoms with Crippen LogP contribution in [0.3, 0.4) is 0 Å². The van der Waals surface area contributed by atoms with Crippen LogP contribution in [0.25, 0.3) is 0 Å². The molecule has 0 radical (unpaired) electrons. The van der Waals surface area contributed by atoms with Gasteiger partial charge in [0.1, 0.15) is 11.1 Å². The third kappa shape index (κ3) is 1.85. The Balaban J connectivity index is 2.30. The van der Waals surface area contributed by atoms with Gasteiger partial charge in [0.15, 0.2) is 0 Å². The first-order valence-corrected chi connectivity index (χ1v) is 6.47. The van der Waals surface area contributed by atoms with Crippen molar-refractivity contribution in [1.82, 2.24) is 5.06 Å². The number of methoxy groups -OCH3 is 1. The first-order valence-electron chi connectivity index (χ1n) is 6.47. The van der Waals surface area contributed by atoms with E-state index in [9.17, 15) is 9.59 Å². The molecule has 0 aromatic carbocycles. The van der Waals surface area contributed by atoms with Crippen LogP contribution >= 0.6 is 0 Å². The molecule has 0 aromatic rings. The summed E-state index contributed by atoms with van der Waals surface area (Å²) in [6.45, 7) is 7.58. The largest absolute Gasteiger partial charge is 0.468 e. The van der Waals surface area contributed by atoms with Gasteiger partial charge in [0.2, 0.25) is 0 Å². The molecule has 2 saturated heterocycles. The van der Waals surface area contributed by atoms with Gasteiger partial charge >= 0.3 is 11.9 Å². The predicted molar refractivity (Wildman–Crippen MR) is 66.0 cm³/mol. The van der Waals surface area contributed by atoms with E-state index < -0.39 is 22.6 Å².